The number of nitrogens with one attached hydrogen (secondary N) is 1. The standard InChI is InChI=1S/C10H13BrN2O4S/c1-18(16,17)6-2-5-12-9-7-8(11)3-4-10(9)13(14)15/h3-4,7,12H,2,5-6H2,1H3. The second-order valence-corrected chi connectivity index (χ2v) is 7.00. The van der Waals surface area contributed by atoms with Gasteiger partial charge in [-0.1, -0.05) is 15.9 Å². The van der Waals surface area contributed by atoms with Crippen LogP contribution in [0.4, 0.5) is 11.4 Å². The maximum absolute atomic E-state index is 10.9. The molecule has 1 rings (SSSR count). The number of nitro groups is 1. The lowest BCUT2D eigenvalue weighted by atomic mass is 10.2. The Hall–Kier alpha value is -1.15. The van der Waals surface area contributed by atoms with Gasteiger partial charge in [0.25, 0.3) is 5.69 Å². The van der Waals surface area contributed by atoms with Crippen molar-refractivity contribution >= 4 is 37.1 Å². The van der Waals surface area contributed by atoms with Crippen LogP contribution < -0.4 is 5.32 Å². The van der Waals surface area contributed by atoms with E-state index in [1.165, 1.54) is 6.07 Å². The van der Waals surface area contributed by atoms with Gasteiger partial charge < -0.3 is 5.32 Å². The Labute approximate surface area is 114 Å². The second-order valence-electron chi connectivity index (χ2n) is 3.83. The summed E-state index contributed by atoms with van der Waals surface area (Å²) in [5.74, 6) is 0.0573. The molecule has 0 saturated carbocycles. The van der Waals surface area contributed by atoms with Crippen LogP contribution >= 0.6 is 15.9 Å². The summed E-state index contributed by atoms with van der Waals surface area (Å²) in [5, 5.41) is 13.7. The summed E-state index contributed by atoms with van der Waals surface area (Å²) < 4.78 is 22.6. The van der Waals surface area contributed by atoms with E-state index in [1.807, 2.05) is 0 Å². The van der Waals surface area contributed by atoms with Crippen LogP contribution in [0.3, 0.4) is 0 Å². The van der Waals surface area contributed by atoms with Gasteiger partial charge in [-0.05, 0) is 18.6 Å². The first kappa shape index (κ1) is 14.9. The average Bonchev–Trinajstić information content (AvgIpc) is 2.22. The molecule has 100 valence electrons. The second kappa shape index (κ2) is 6.14. The van der Waals surface area contributed by atoms with Crippen LogP contribution in [0.1, 0.15) is 6.42 Å². The zero-order valence-corrected chi connectivity index (χ0v) is 12.1. The summed E-state index contributed by atoms with van der Waals surface area (Å²) in [6, 6.07) is 4.57. The van der Waals surface area contributed by atoms with Crippen LogP contribution in [0.25, 0.3) is 0 Å². The van der Waals surface area contributed by atoms with Crippen LogP contribution in [0.15, 0.2) is 22.7 Å². The molecule has 0 radical (unpaired) electrons. The van der Waals surface area contributed by atoms with Gasteiger partial charge in [0.1, 0.15) is 15.5 Å². The molecule has 0 aliphatic carbocycles. The van der Waals surface area contributed by atoms with Gasteiger partial charge in [-0.2, -0.15) is 0 Å². The minimum atomic E-state index is -3.00. The number of nitro benzene ring substituents is 1. The Morgan fingerprint density at radius 2 is 2.11 bits per heavy atom. The maximum Gasteiger partial charge on any atom is 0.292 e. The molecule has 1 aromatic carbocycles. The van der Waals surface area contributed by atoms with Gasteiger partial charge in [0.05, 0.1) is 10.7 Å². The molecule has 6 nitrogen and oxygen atoms in total. The highest BCUT2D eigenvalue weighted by Gasteiger charge is 2.13. The average molecular weight is 337 g/mol. The molecule has 0 aliphatic heterocycles. The first-order valence-corrected chi connectivity index (χ1v) is 8.00. The van der Waals surface area contributed by atoms with Crippen molar-refractivity contribution in [3.63, 3.8) is 0 Å². The van der Waals surface area contributed by atoms with E-state index in [-0.39, 0.29) is 11.4 Å². The van der Waals surface area contributed by atoms with E-state index in [2.05, 4.69) is 21.2 Å². The minimum Gasteiger partial charge on any atom is -0.379 e. The minimum absolute atomic E-state index is 0.0300. The van der Waals surface area contributed by atoms with Crippen molar-refractivity contribution in [3.8, 4) is 0 Å². The molecule has 0 fully saturated rings. The van der Waals surface area contributed by atoms with Crippen molar-refractivity contribution < 1.29 is 13.3 Å². The zero-order chi connectivity index (χ0) is 13.8. The number of halogens is 1. The molecule has 0 aromatic heterocycles. The summed E-state index contributed by atoms with van der Waals surface area (Å²) in [4.78, 5) is 10.3. The molecule has 18 heavy (non-hydrogen) atoms. The molecule has 0 atom stereocenters. The van der Waals surface area contributed by atoms with E-state index >= 15 is 0 Å². The highest BCUT2D eigenvalue weighted by Crippen LogP contribution is 2.27. The third-order valence-corrected chi connectivity index (χ3v) is 3.69. The Morgan fingerprint density at radius 3 is 2.67 bits per heavy atom. The fourth-order valence-corrected chi connectivity index (χ4v) is 2.40. The fourth-order valence-electron chi connectivity index (χ4n) is 1.37. The first-order chi connectivity index (χ1) is 8.29. The van der Waals surface area contributed by atoms with E-state index in [1.54, 1.807) is 12.1 Å². The monoisotopic (exact) mass is 336 g/mol. The third kappa shape index (κ3) is 5.01. The van der Waals surface area contributed by atoms with Crippen molar-refractivity contribution in [2.45, 2.75) is 6.42 Å². The number of hydrogen-bond donors (Lipinski definition) is 1. The number of benzene rings is 1. The number of anilines is 1. The van der Waals surface area contributed by atoms with Crippen molar-refractivity contribution in [2.75, 3.05) is 23.9 Å². The van der Waals surface area contributed by atoms with Crippen LogP contribution in [-0.2, 0) is 9.84 Å². The van der Waals surface area contributed by atoms with Crippen molar-refractivity contribution in [1.82, 2.24) is 0 Å². The first-order valence-electron chi connectivity index (χ1n) is 5.15. The Bertz CT molecular complexity index is 545. The fraction of sp³-hybridized carbons (Fsp3) is 0.400. The van der Waals surface area contributed by atoms with Crippen molar-refractivity contribution in [1.29, 1.82) is 0 Å². The lowest BCUT2D eigenvalue weighted by Gasteiger charge is -2.07. The summed E-state index contributed by atoms with van der Waals surface area (Å²) in [5.41, 5.74) is 0.348. The van der Waals surface area contributed by atoms with Crippen LogP contribution in [0, 0.1) is 10.1 Å². The molecule has 0 bridgehead atoms. The van der Waals surface area contributed by atoms with Gasteiger partial charge in [-0.25, -0.2) is 8.42 Å². The van der Waals surface area contributed by atoms with E-state index in [4.69, 9.17) is 0 Å². The highest BCUT2D eigenvalue weighted by molar-refractivity contribution is 9.10. The largest absolute Gasteiger partial charge is 0.379 e. The molecular weight excluding hydrogens is 324 g/mol. The number of rotatable bonds is 6. The van der Waals surface area contributed by atoms with Crippen LogP contribution in [0.2, 0.25) is 0 Å². The SMILES string of the molecule is CS(=O)(=O)CCCNc1cc(Br)ccc1[N+](=O)[O-]. The predicted molar refractivity (Wildman–Crippen MR) is 73.6 cm³/mol. The van der Waals surface area contributed by atoms with Gasteiger partial charge in [0.2, 0.25) is 0 Å². The molecular formula is C10H13BrN2O4S. The molecule has 0 aliphatic rings. The van der Waals surface area contributed by atoms with Gasteiger partial charge in [-0.15, -0.1) is 0 Å². The summed E-state index contributed by atoms with van der Waals surface area (Å²) in [7, 11) is -3.00. The third-order valence-electron chi connectivity index (χ3n) is 2.16. The maximum atomic E-state index is 10.9. The topological polar surface area (TPSA) is 89.3 Å². The molecule has 0 heterocycles. The van der Waals surface area contributed by atoms with Gasteiger partial charge in [0.15, 0.2) is 0 Å². The predicted octanol–water partition coefficient (Wildman–Crippen LogP) is 2.20. The van der Waals surface area contributed by atoms with E-state index in [9.17, 15) is 18.5 Å². The Balaban J connectivity index is 2.66. The summed E-state index contributed by atoms with van der Waals surface area (Å²) in [6.07, 6.45) is 1.57. The van der Waals surface area contributed by atoms with Gasteiger partial charge in [-0.3, -0.25) is 10.1 Å². The molecule has 0 unspecified atom stereocenters. The van der Waals surface area contributed by atoms with E-state index < -0.39 is 14.8 Å². The summed E-state index contributed by atoms with van der Waals surface area (Å²) in [6.45, 7) is 0.365. The Kier molecular flexibility index (Phi) is 5.09. The number of nitrogens with zero attached hydrogens (tertiary/aromatic N) is 1. The van der Waals surface area contributed by atoms with Crippen LogP contribution in [-0.4, -0.2) is 31.9 Å². The van der Waals surface area contributed by atoms with Crippen molar-refractivity contribution in [2.24, 2.45) is 0 Å². The lowest BCUT2D eigenvalue weighted by molar-refractivity contribution is -0.384. The molecule has 0 amide bonds. The van der Waals surface area contributed by atoms with E-state index in [0.717, 1.165) is 10.7 Å². The number of sulfone groups is 1. The highest BCUT2D eigenvalue weighted by atomic mass is 79.9. The van der Waals surface area contributed by atoms with E-state index in [0.29, 0.717) is 18.7 Å². The van der Waals surface area contributed by atoms with Gasteiger partial charge in [0, 0.05) is 23.3 Å². The molecule has 1 aromatic rings. The smallest absolute Gasteiger partial charge is 0.292 e. The molecule has 8 heteroatoms. The van der Waals surface area contributed by atoms with Gasteiger partial charge >= 0.3 is 0 Å². The zero-order valence-electron chi connectivity index (χ0n) is 9.72. The van der Waals surface area contributed by atoms with Crippen LogP contribution in [0.5, 0.6) is 0 Å². The molecule has 1 N–H and O–H groups in total. The Morgan fingerprint density at radius 1 is 1.44 bits per heavy atom. The van der Waals surface area contributed by atoms with Crippen molar-refractivity contribution in [3.05, 3.63) is 32.8 Å². The quantitative estimate of drug-likeness (QED) is 0.488. The molecule has 0 spiro atoms. The molecule has 0 saturated heterocycles. The lowest BCUT2D eigenvalue weighted by Crippen LogP contribution is -2.10. The summed E-state index contributed by atoms with van der Waals surface area (Å²) >= 11 is 3.23. The number of hydrogen-bond acceptors (Lipinski definition) is 5. The normalized spacial score (nSPS) is 11.2.